The number of carboxylic acid groups (broad SMARTS) is 1. The first-order chi connectivity index (χ1) is 15.2. The minimum atomic E-state index is -5.08. The highest BCUT2D eigenvalue weighted by Crippen LogP contribution is 2.53. The Morgan fingerprint density at radius 2 is 1.81 bits per heavy atom. The van der Waals surface area contributed by atoms with Crippen molar-refractivity contribution < 1.29 is 37.0 Å². The van der Waals surface area contributed by atoms with Crippen LogP contribution >= 0.6 is 0 Å². The molecular weight excluding hydrogens is 429 g/mol. The van der Waals surface area contributed by atoms with Crippen LogP contribution in [0, 0.1) is 17.8 Å². The molecule has 0 radical (unpaired) electrons. The average molecular weight is 454 g/mol. The third-order valence-electron chi connectivity index (χ3n) is 5.72. The first-order valence-corrected chi connectivity index (χ1v) is 10.1. The maximum Gasteiger partial charge on any atom is 0.490 e. The molecule has 1 saturated carbocycles. The van der Waals surface area contributed by atoms with Crippen LogP contribution in [0.25, 0.3) is 0 Å². The molecule has 1 aliphatic heterocycles. The number of hydrogen-bond acceptors (Lipinski definition) is 5. The molecule has 1 saturated heterocycles. The van der Waals surface area contributed by atoms with E-state index in [1.807, 2.05) is 24.3 Å². The monoisotopic (exact) mass is 454 g/mol. The van der Waals surface area contributed by atoms with Crippen LogP contribution in [-0.2, 0) is 22.7 Å². The lowest BCUT2D eigenvalue weighted by molar-refractivity contribution is -0.192. The molecule has 4 rings (SSSR count). The standard InChI is InChI=1S/C20H24N2O3.C2HF3O2/c1-24-15-6-4-14(5-7-15)11-22-12-18-17(19(18)13-22)9-20(23)21-10-16-3-2-8-25-16;3-2(4,5)1(6)7/h2-8,17-19H,9-13H2,1H3,(H,21,23);(H,6,7)/t17?,18-,19+;. The fourth-order valence-electron chi connectivity index (χ4n) is 4.04. The largest absolute Gasteiger partial charge is 0.497 e. The molecule has 2 aliphatic rings. The summed E-state index contributed by atoms with van der Waals surface area (Å²) in [6, 6.07) is 12.0. The lowest BCUT2D eigenvalue weighted by Crippen LogP contribution is -2.27. The van der Waals surface area contributed by atoms with E-state index in [-0.39, 0.29) is 5.91 Å². The summed E-state index contributed by atoms with van der Waals surface area (Å²) in [5.41, 5.74) is 1.31. The number of fused-ring (bicyclic) bond motifs is 1. The van der Waals surface area contributed by atoms with Gasteiger partial charge in [-0.25, -0.2) is 4.79 Å². The summed E-state index contributed by atoms with van der Waals surface area (Å²) in [6.45, 7) is 3.67. The second-order valence-corrected chi connectivity index (χ2v) is 7.90. The van der Waals surface area contributed by atoms with Gasteiger partial charge in [-0.3, -0.25) is 9.69 Å². The van der Waals surface area contributed by atoms with Crippen LogP contribution in [0.3, 0.4) is 0 Å². The predicted molar refractivity (Wildman–Crippen MR) is 108 cm³/mol. The molecule has 1 unspecified atom stereocenters. The van der Waals surface area contributed by atoms with Gasteiger partial charge in [0.15, 0.2) is 0 Å². The van der Waals surface area contributed by atoms with Gasteiger partial charge in [0.25, 0.3) is 0 Å². The Balaban J connectivity index is 0.000000360. The Hall–Kier alpha value is -3.01. The molecule has 2 N–H and O–H groups in total. The number of carboxylic acids is 1. The smallest absolute Gasteiger partial charge is 0.490 e. The van der Waals surface area contributed by atoms with Crippen molar-refractivity contribution in [3.05, 3.63) is 54.0 Å². The summed E-state index contributed by atoms with van der Waals surface area (Å²) in [7, 11) is 1.69. The van der Waals surface area contributed by atoms with E-state index in [1.54, 1.807) is 13.4 Å². The number of halogens is 3. The highest BCUT2D eigenvalue weighted by Gasteiger charge is 2.55. The maximum atomic E-state index is 12.1. The summed E-state index contributed by atoms with van der Waals surface area (Å²) in [6.07, 6.45) is -2.81. The van der Waals surface area contributed by atoms with Gasteiger partial charge in [-0.05, 0) is 47.6 Å². The molecule has 3 atom stereocenters. The highest BCUT2D eigenvalue weighted by atomic mass is 19.4. The topological polar surface area (TPSA) is 92.0 Å². The van der Waals surface area contributed by atoms with E-state index in [1.165, 1.54) is 5.56 Å². The number of nitrogens with zero attached hydrogens (tertiary/aromatic N) is 1. The van der Waals surface area contributed by atoms with Crippen LogP contribution in [0.4, 0.5) is 13.2 Å². The summed E-state index contributed by atoms with van der Waals surface area (Å²) in [5, 5.41) is 10.1. The Kier molecular flexibility index (Phi) is 7.44. The number of hydrogen-bond donors (Lipinski definition) is 2. The number of piperidine rings is 1. The van der Waals surface area contributed by atoms with Crippen molar-refractivity contribution in [3.8, 4) is 5.75 Å². The first kappa shape index (κ1) is 23.6. The van der Waals surface area contributed by atoms with Gasteiger partial charge in [0.1, 0.15) is 11.5 Å². The average Bonchev–Trinajstić information content (AvgIpc) is 3.14. The molecule has 2 fully saturated rings. The van der Waals surface area contributed by atoms with Crippen LogP contribution in [0.1, 0.15) is 17.7 Å². The van der Waals surface area contributed by atoms with Crippen LogP contribution in [0.15, 0.2) is 47.1 Å². The third kappa shape index (κ3) is 6.49. The number of alkyl halides is 3. The van der Waals surface area contributed by atoms with Crippen LogP contribution in [0.2, 0.25) is 0 Å². The highest BCUT2D eigenvalue weighted by molar-refractivity contribution is 5.76. The molecule has 1 aromatic heterocycles. The van der Waals surface area contributed by atoms with Gasteiger partial charge < -0.3 is 19.6 Å². The predicted octanol–water partition coefficient (Wildman–Crippen LogP) is 3.31. The SMILES string of the molecule is COc1ccc(CN2C[C@@H]3C(CC(=O)NCc4ccco4)[C@@H]3C2)cc1.O=C(O)C(F)(F)F. The van der Waals surface area contributed by atoms with Gasteiger partial charge in [0.2, 0.25) is 5.91 Å². The molecule has 10 heteroatoms. The molecule has 1 aliphatic carbocycles. The van der Waals surface area contributed by atoms with Crippen molar-refractivity contribution in [2.75, 3.05) is 20.2 Å². The number of furan rings is 1. The van der Waals surface area contributed by atoms with E-state index in [0.717, 1.165) is 31.1 Å². The zero-order valence-corrected chi connectivity index (χ0v) is 17.5. The zero-order chi connectivity index (χ0) is 23.3. The summed E-state index contributed by atoms with van der Waals surface area (Å²) >= 11 is 0. The molecule has 32 heavy (non-hydrogen) atoms. The number of methoxy groups -OCH3 is 1. The molecule has 7 nitrogen and oxygen atoms in total. The van der Waals surface area contributed by atoms with Gasteiger partial charge in [-0.1, -0.05) is 12.1 Å². The molecular formula is C22H25F3N2O5. The number of carbonyl (C=O) groups is 2. The molecule has 0 spiro atoms. The number of ether oxygens (including phenoxy) is 1. The second-order valence-electron chi connectivity index (χ2n) is 7.90. The van der Waals surface area contributed by atoms with Crippen LogP contribution in [-0.4, -0.2) is 48.3 Å². The third-order valence-corrected chi connectivity index (χ3v) is 5.72. The Bertz CT molecular complexity index is 887. The maximum absolute atomic E-state index is 12.1. The van der Waals surface area contributed by atoms with Crippen LogP contribution in [0.5, 0.6) is 5.75 Å². The van der Waals surface area contributed by atoms with Gasteiger partial charge in [-0.15, -0.1) is 0 Å². The number of amides is 1. The summed E-state index contributed by atoms with van der Waals surface area (Å²) in [4.78, 5) is 23.5. The van der Waals surface area contributed by atoms with E-state index in [9.17, 15) is 18.0 Å². The number of nitrogens with one attached hydrogen (secondary N) is 1. The van der Waals surface area contributed by atoms with E-state index >= 15 is 0 Å². The Morgan fingerprint density at radius 1 is 1.19 bits per heavy atom. The van der Waals surface area contributed by atoms with Crippen molar-refractivity contribution in [2.24, 2.45) is 17.8 Å². The fraction of sp³-hybridized carbons (Fsp3) is 0.455. The quantitative estimate of drug-likeness (QED) is 0.667. The Morgan fingerprint density at radius 3 is 2.31 bits per heavy atom. The minimum absolute atomic E-state index is 0.137. The van der Waals surface area contributed by atoms with E-state index in [4.69, 9.17) is 19.1 Å². The lowest BCUT2D eigenvalue weighted by atomic mass is 10.1. The van der Waals surface area contributed by atoms with Crippen molar-refractivity contribution in [1.82, 2.24) is 10.2 Å². The first-order valence-electron chi connectivity index (χ1n) is 10.1. The van der Waals surface area contributed by atoms with Gasteiger partial charge >= 0.3 is 12.1 Å². The van der Waals surface area contributed by atoms with Gasteiger partial charge in [0.05, 0.1) is 19.9 Å². The van der Waals surface area contributed by atoms with Crippen molar-refractivity contribution in [3.63, 3.8) is 0 Å². The molecule has 2 aromatic rings. The second kappa shape index (κ2) is 10.1. The lowest BCUT2D eigenvalue weighted by Gasteiger charge is -2.19. The molecule has 174 valence electrons. The van der Waals surface area contributed by atoms with Crippen molar-refractivity contribution in [2.45, 2.75) is 25.7 Å². The minimum Gasteiger partial charge on any atom is -0.497 e. The normalized spacial score (nSPS) is 21.8. The van der Waals surface area contributed by atoms with Crippen LogP contribution < -0.4 is 10.1 Å². The summed E-state index contributed by atoms with van der Waals surface area (Å²) < 4.78 is 42.2. The van der Waals surface area contributed by atoms with Crippen molar-refractivity contribution in [1.29, 1.82) is 0 Å². The molecule has 2 heterocycles. The van der Waals surface area contributed by atoms with E-state index in [0.29, 0.717) is 30.7 Å². The number of rotatable bonds is 7. The van der Waals surface area contributed by atoms with Gasteiger partial charge in [0, 0.05) is 26.1 Å². The number of benzene rings is 1. The molecule has 1 aromatic carbocycles. The number of carbonyl (C=O) groups excluding carboxylic acids is 1. The van der Waals surface area contributed by atoms with Crippen molar-refractivity contribution >= 4 is 11.9 Å². The number of likely N-dealkylation sites (tertiary alicyclic amines) is 1. The zero-order valence-electron chi connectivity index (χ0n) is 17.5. The van der Waals surface area contributed by atoms with E-state index in [2.05, 4.69) is 22.3 Å². The van der Waals surface area contributed by atoms with E-state index < -0.39 is 12.1 Å². The molecule has 0 bridgehead atoms. The fourth-order valence-corrected chi connectivity index (χ4v) is 4.04. The Labute approximate surface area is 183 Å². The summed E-state index contributed by atoms with van der Waals surface area (Å²) in [5.74, 6) is 1.01. The van der Waals surface area contributed by atoms with Gasteiger partial charge in [-0.2, -0.15) is 13.2 Å². The number of aliphatic carboxylic acids is 1. The molecule has 1 amide bonds.